The fraction of sp³-hybridized carbons (Fsp3) is 0.231. The maximum Gasteiger partial charge on any atom is 0.257 e. The predicted octanol–water partition coefficient (Wildman–Crippen LogP) is 7.32. The summed E-state index contributed by atoms with van der Waals surface area (Å²) in [7, 11) is 0. The standard InChI is InChI=1S/C39H39N3O4/c1-28-36(26-42(24-29-10-4-2-5-11-29)25-30-12-6-3-7-13-30)45-39(46-37(28)32-19-17-31(27-43)18-20-32)33-14-8-16-35(22-33)41-38(44)34-15-9-21-40-23-34/h2-23,28,36-37,39,43H,24-27H2,1H3,(H,41,44)/t28-,36+,37+,39+/m0/s1. The summed E-state index contributed by atoms with van der Waals surface area (Å²) in [5.41, 5.74) is 6.30. The Kier molecular flexibility index (Phi) is 10.3. The smallest absolute Gasteiger partial charge is 0.257 e. The monoisotopic (exact) mass is 613 g/mol. The molecule has 7 nitrogen and oxygen atoms in total. The van der Waals surface area contributed by atoms with E-state index in [1.165, 1.54) is 11.1 Å². The fourth-order valence-electron chi connectivity index (χ4n) is 5.91. The Balaban J connectivity index is 1.28. The molecule has 0 saturated carbocycles. The topological polar surface area (TPSA) is 83.9 Å². The third-order valence-corrected chi connectivity index (χ3v) is 8.40. The summed E-state index contributed by atoms with van der Waals surface area (Å²) in [6.07, 6.45) is 2.11. The van der Waals surface area contributed by atoms with Crippen LogP contribution in [0.1, 0.15) is 57.5 Å². The van der Waals surface area contributed by atoms with Gasteiger partial charge in [-0.05, 0) is 46.5 Å². The quantitative estimate of drug-likeness (QED) is 0.162. The average Bonchev–Trinajstić information content (AvgIpc) is 3.10. The van der Waals surface area contributed by atoms with Crippen LogP contribution in [0, 0.1) is 5.92 Å². The molecule has 0 radical (unpaired) electrons. The van der Waals surface area contributed by atoms with E-state index in [9.17, 15) is 9.90 Å². The summed E-state index contributed by atoms with van der Waals surface area (Å²) in [6.45, 7) is 4.41. The Bertz CT molecular complexity index is 1640. The molecule has 1 aromatic heterocycles. The van der Waals surface area contributed by atoms with Gasteiger partial charge in [0, 0.05) is 49.2 Å². The minimum absolute atomic E-state index is 0.0127. The number of carbonyl (C=O) groups excluding carboxylic acids is 1. The predicted molar refractivity (Wildman–Crippen MR) is 179 cm³/mol. The van der Waals surface area contributed by atoms with E-state index in [1.54, 1.807) is 24.5 Å². The van der Waals surface area contributed by atoms with Gasteiger partial charge in [-0.2, -0.15) is 0 Å². The lowest BCUT2D eigenvalue weighted by Crippen LogP contribution is -2.44. The molecule has 5 aromatic rings. The number of aliphatic hydroxyl groups excluding tert-OH is 1. The molecule has 0 spiro atoms. The van der Waals surface area contributed by atoms with Crippen LogP contribution < -0.4 is 5.32 Å². The Morgan fingerprint density at radius 3 is 2.11 bits per heavy atom. The molecule has 0 bridgehead atoms. The van der Waals surface area contributed by atoms with Crippen LogP contribution in [0.15, 0.2) is 134 Å². The van der Waals surface area contributed by atoms with E-state index in [-0.39, 0.29) is 30.6 Å². The summed E-state index contributed by atoms with van der Waals surface area (Å²) in [4.78, 5) is 19.4. The van der Waals surface area contributed by atoms with Gasteiger partial charge in [-0.3, -0.25) is 14.7 Å². The van der Waals surface area contributed by atoms with Gasteiger partial charge in [-0.15, -0.1) is 0 Å². The number of pyridine rings is 1. The first kappa shape index (κ1) is 31.3. The van der Waals surface area contributed by atoms with E-state index < -0.39 is 6.29 Å². The number of hydrogen-bond acceptors (Lipinski definition) is 6. The minimum atomic E-state index is -0.658. The first-order chi connectivity index (χ1) is 22.6. The van der Waals surface area contributed by atoms with E-state index >= 15 is 0 Å². The largest absolute Gasteiger partial charge is 0.392 e. The molecule has 2 heterocycles. The van der Waals surface area contributed by atoms with Crippen molar-refractivity contribution < 1.29 is 19.4 Å². The van der Waals surface area contributed by atoms with Crippen LogP contribution >= 0.6 is 0 Å². The number of nitrogens with one attached hydrogen (secondary N) is 1. The Hall–Kier alpha value is -4.66. The molecule has 0 aliphatic carbocycles. The van der Waals surface area contributed by atoms with Gasteiger partial charge in [0.15, 0.2) is 6.29 Å². The van der Waals surface area contributed by atoms with Crippen LogP contribution in [0.4, 0.5) is 5.69 Å². The van der Waals surface area contributed by atoms with E-state index in [0.717, 1.165) is 29.8 Å². The van der Waals surface area contributed by atoms with Crippen molar-refractivity contribution in [2.75, 3.05) is 11.9 Å². The van der Waals surface area contributed by atoms with Gasteiger partial charge in [0.1, 0.15) is 0 Å². The molecule has 7 heteroatoms. The first-order valence-corrected chi connectivity index (χ1v) is 15.7. The number of hydrogen-bond donors (Lipinski definition) is 2. The van der Waals surface area contributed by atoms with Crippen molar-refractivity contribution in [3.05, 3.63) is 167 Å². The molecule has 1 aliphatic rings. The highest BCUT2D eigenvalue weighted by molar-refractivity contribution is 6.04. The number of rotatable bonds is 11. The molecule has 1 amide bonds. The van der Waals surface area contributed by atoms with E-state index in [1.807, 2.05) is 60.7 Å². The molecule has 4 aromatic carbocycles. The zero-order chi connectivity index (χ0) is 31.7. The molecule has 46 heavy (non-hydrogen) atoms. The van der Waals surface area contributed by atoms with Gasteiger partial charge in [0.25, 0.3) is 5.91 Å². The normalized spacial score (nSPS) is 19.5. The summed E-state index contributed by atoms with van der Waals surface area (Å²) in [5, 5.41) is 12.6. The average molecular weight is 614 g/mol. The number of carbonyl (C=O) groups is 1. The molecule has 4 atom stereocenters. The molecular formula is C39H39N3O4. The van der Waals surface area contributed by atoms with E-state index in [2.05, 4.69) is 70.7 Å². The highest BCUT2D eigenvalue weighted by atomic mass is 16.7. The summed E-state index contributed by atoms with van der Waals surface area (Å²) in [5.74, 6) is -0.208. The number of aliphatic hydroxyl groups is 1. The maximum atomic E-state index is 12.9. The van der Waals surface area contributed by atoms with Gasteiger partial charge in [-0.25, -0.2) is 0 Å². The Morgan fingerprint density at radius 2 is 1.48 bits per heavy atom. The van der Waals surface area contributed by atoms with Crippen LogP contribution in [0.25, 0.3) is 0 Å². The highest BCUT2D eigenvalue weighted by Crippen LogP contribution is 2.42. The second-order valence-corrected chi connectivity index (χ2v) is 11.8. The lowest BCUT2D eigenvalue weighted by Gasteiger charge is -2.43. The van der Waals surface area contributed by atoms with Crippen LogP contribution in [0.3, 0.4) is 0 Å². The second-order valence-electron chi connectivity index (χ2n) is 11.8. The van der Waals surface area contributed by atoms with Crippen molar-refractivity contribution in [3.63, 3.8) is 0 Å². The van der Waals surface area contributed by atoms with Crippen molar-refractivity contribution in [2.45, 2.75) is 45.1 Å². The van der Waals surface area contributed by atoms with Gasteiger partial charge < -0.3 is 19.9 Å². The molecule has 6 rings (SSSR count). The zero-order valence-corrected chi connectivity index (χ0v) is 25.9. The van der Waals surface area contributed by atoms with Gasteiger partial charge in [-0.1, -0.05) is 104 Å². The molecule has 1 saturated heterocycles. The molecule has 234 valence electrons. The van der Waals surface area contributed by atoms with Gasteiger partial charge >= 0.3 is 0 Å². The Morgan fingerprint density at radius 1 is 0.783 bits per heavy atom. The van der Waals surface area contributed by atoms with Gasteiger partial charge in [0.2, 0.25) is 0 Å². The lowest BCUT2D eigenvalue weighted by molar-refractivity contribution is -0.276. The second kappa shape index (κ2) is 15.1. The summed E-state index contributed by atoms with van der Waals surface area (Å²) < 4.78 is 13.5. The van der Waals surface area contributed by atoms with Crippen molar-refractivity contribution in [1.82, 2.24) is 9.88 Å². The minimum Gasteiger partial charge on any atom is -0.392 e. The summed E-state index contributed by atoms with van der Waals surface area (Å²) in [6, 6.07) is 40.1. The SMILES string of the molecule is C[C@H]1[C@@H](CN(Cc2ccccc2)Cc2ccccc2)O[C@@H](c2cccc(NC(=O)c3cccnc3)c2)O[C@H]1c1ccc(CO)cc1. The van der Waals surface area contributed by atoms with Crippen molar-refractivity contribution in [1.29, 1.82) is 0 Å². The number of ether oxygens (including phenoxy) is 2. The third kappa shape index (κ3) is 7.94. The van der Waals surface area contributed by atoms with Crippen LogP contribution in [0.5, 0.6) is 0 Å². The van der Waals surface area contributed by atoms with Crippen LogP contribution in [-0.2, 0) is 29.2 Å². The molecule has 1 aliphatic heterocycles. The highest BCUT2D eigenvalue weighted by Gasteiger charge is 2.39. The molecule has 2 N–H and O–H groups in total. The molecule has 0 unspecified atom stereocenters. The zero-order valence-electron chi connectivity index (χ0n) is 25.9. The van der Waals surface area contributed by atoms with Crippen molar-refractivity contribution in [2.24, 2.45) is 5.92 Å². The number of anilines is 1. The number of aromatic nitrogens is 1. The molecule has 1 fully saturated rings. The van der Waals surface area contributed by atoms with E-state index in [4.69, 9.17) is 9.47 Å². The number of amides is 1. The van der Waals surface area contributed by atoms with Crippen LogP contribution in [-0.4, -0.2) is 33.5 Å². The first-order valence-electron chi connectivity index (χ1n) is 15.7. The van der Waals surface area contributed by atoms with E-state index in [0.29, 0.717) is 17.8 Å². The summed E-state index contributed by atoms with van der Waals surface area (Å²) >= 11 is 0. The van der Waals surface area contributed by atoms with Crippen molar-refractivity contribution >= 4 is 11.6 Å². The van der Waals surface area contributed by atoms with Crippen LogP contribution in [0.2, 0.25) is 0 Å². The lowest BCUT2D eigenvalue weighted by atomic mass is 9.89. The number of benzene rings is 4. The van der Waals surface area contributed by atoms with Crippen molar-refractivity contribution in [3.8, 4) is 0 Å². The Labute approximate surface area is 270 Å². The molecular weight excluding hydrogens is 574 g/mol. The third-order valence-electron chi connectivity index (χ3n) is 8.40. The maximum absolute atomic E-state index is 12.9. The number of nitrogens with zero attached hydrogens (tertiary/aromatic N) is 2. The van der Waals surface area contributed by atoms with Gasteiger partial charge in [0.05, 0.1) is 24.4 Å². The fourth-order valence-corrected chi connectivity index (χ4v) is 5.91.